The smallest absolute Gasteiger partial charge is 0.324 e. The molecule has 0 aliphatic rings. The highest BCUT2D eigenvalue weighted by Crippen LogP contribution is 2.38. The first-order valence-corrected chi connectivity index (χ1v) is 12.6. The van der Waals surface area contributed by atoms with E-state index in [2.05, 4.69) is 6.92 Å². The number of unbranched alkanes of at least 4 members (excludes halogenated alkanes) is 7. The normalized spacial score (nSPS) is 10.2. The summed E-state index contributed by atoms with van der Waals surface area (Å²) < 4.78 is 0. The number of nitrogens with one attached hydrogen (secondary N) is 1. The van der Waals surface area contributed by atoms with E-state index in [0.717, 1.165) is 11.5 Å². The number of non-ortho nitro benzene ring substituents is 1. The van der Waals surface area contributed by atoms with Crippen LogP contribution in [0.3, 0.4) is 0 Å². The first-order valence-electron chi connectivity index (χ1n) is 10.5. The van der Waals surface area contributed by atoms with Gasteiger partial charge in [-0.25, -0.2) is 0 Å². The molecule has 0 saturated heterocycles. The minimum atomic E-state index is -1.21. The molecule has 0 atom stereocenters. The van der Waals surface area contributed by atoms with Gasteiger partial charge in [-0.05, 0) is 12.2 Å². The monoisotopic (exact) mass is 505 g/mol. The second-order valence-electron chi connectivity index (χ2n) is 6.90. The van der Waals surface area contributed by atoms with Crippen LogP contribution in [-0.4, -0.2) is 42.3 Å². The highest BCUT2D eigenvalue weighted by atomic mass is 32.2. The number of nitro groups is 3. The van der Waals surface area contributed by atoms with Crippen molar-refractivity contribution in [3.05, 3.63) is 42.5 Å². The molecule has 4 N–H and O–H groups in total. The summed E-state index contributed by atoms with van der Waals surface area (Å²) in [6, 6.07) is 0.894. The van der Waals surface area contributed by atoms with Crippen LogP contribution in [0.15, 0.2) is 12.1 Å². The summed E-state index contributed by atoms with van der Waals surface area (Å²) in [6.07, 6.45) is 11.2. The van der Waals surface area contributed by atoms with E-state index in [4.69, 9.17) is 16.2 Å². The molecular formula is C19H31N5O7S2. The van der Waals surface area contributed by atoms with Gasteiger partial charge in [0.25, 0.3) is 11.4 Å². The molecule has 1 aromatic carbocycles. The first-order chi connectivity index (χ1) is 15.6. The van der Waals surface area contributed by atoms with Gasteiger partial charge in [0.2, 0.25) is 0 Å². The van der Waals surface area contributed by atoms with E-state index >= 15 is 0 Å². The number of aromatic hydroxyl groups is 1. The molecule has 12 nitrogen and oxygen atoms in total. The van der Waals surface area contributed by atoms with E-state index in [0.29, 0.717) is 12.1 Å². The molecule has 0 bridgehead atoms. The lowest BCUT2D eigenvalue weighted by Crippen LogP contribution is -2.05. The predicted octanol–water partition coefficient (Wildman–Crippen LogP) is 5.60. The number of phenolic OH excluding ortho intramolecular Hbond substituents is 1. The lowest BCUT2D eigenvalue weighted by Gasteiger charge is -2.02. The van der Waals surface area contributed by atoms with Crippen molar-refractivity contribution in [1.82, 2.24) is 0 Å². The summed E-state index contributed by atoms with van der Waals surface area (Å²) in [5, 5.41) is 47.5. The van der Waals surface area contributed by atoms with Crippen LogP contribution in [0.5, 0.6) is 5.75 Å². The number of nitro benzene ring substituents is 3. The van der Waals surface area contributed by atoms with Gasteiger partial charge in [-0.1, -0.05) is 63.6 Å². The molecule has 0 unspecified atom stereocenters. The van der Waals surface area contributed by atoms with Gasteiger partial charge >= 0.3 is 11.4 Å². The number of amidine groups is 1. The molecule has 1 rings (SSSR count). The second kappa shape index (κ2) is 17.9. The van der Waals surface area contributed by atoms with Crippen molar-refractivity contribution in [2.45, 2.75) is 58.3 Å². The summed E-state index contributed by atoms with van der Waals surface area (Å²) >= 11 is 3.45. The van der Waals surface area contributed by atoms with Crippen LogP contribution in [0.25, 0.3) is 0 Å². The summed E-state index contributed by atoms with van der Waals surface area (Å²) in [7, 11) is 0. The molecule has 0 spiro atoms. The topological polar surface area (TPSA) is 200 Å². The number of rotatable bonds is 15. The minimum absolute atomic E-state index is 0.248. The molecule has 0 aromatic heterocycles. The Labute approximate surface area is 200 Å². The third kappa shape index (κ3) is 14.2. The van der Waals surface area contributed by atoms with Crippen LogP contribution >= 0.6 is 23.5 Å². The standard InChI is InChI=1S/C13H28N2S2.C6H3N3O7/c1-2-3-4-5-6-7-8-9-10-16-11-12-17-13(14)15;10-6-4(8(13)14)1-3(7(11)12)2-5(6)9(15)16/h2-12H2,1H3,(H3,14,15);1-2,10H. The van der Waals surface area contributed by atoms with E-state index in [-0.39, 0.29) is 5.17 Å². The number of thioether (sulfide) groups is 2. The third-order valence-corrected chi connectivity index (χ3v) is 6.33. The quantitative estimate of drug-likeness (QED) is 0.0884. The van der Waals surface area contributed by atoms with E-state index in [9.17, 15) is 30.3 Å². The molecule has 33 heavy (non-hydrogen) atoms. The largest absolute Gasteiger partial charge is 0.497 e. The molecule has 0 aliphatic heterocycles. The zero-order chi connectivity index (χ0) is 25.2. The minimum Gasteiger partial charge on any atom is -0.497 e. The molecule has 0 radical (unpaired) electrons. The van der Waals surface area contributed by atoms with Gasteiger partial charge in [0.1, 0.15) is 0 Å². The Kier molecular flexibility index (Phi) is 16.5. The van der Waals surface area contributed by atoms with Crippen molar-refractivity contribution in [2.75, 3.05) is 17.3 Å². The zero-order valence-electron chi connectivity index (χ0n) is 18.6. The lowest BCUT2D eigenvalue weighted by atomic mass is 10.1. The number of nitrogens with zero attached hydrogens (tertiary/aromatic N) is 3. The SMILES string of the molecule is CCCCCCCCCCSCCSC(=N)N.O=[N+]([O-])c1cc([N+](=O)[O-])c(O)c([N+](=O)[O-])c1. The van der Waals surface area contributed by atoms with Gasteiger partial charge in [0.15, 0.2) is 5.17 Å². The molecule has 0 amide bonds. The Balaban J connectivity index is 0.000000621. The molecule has 0 heterocycles. The Bertz CT molecular complexity index is 761. The van der Waals surface area contributed by atoms with Crippen LogP contribution in [0.2, 0.25) is 0 Å². The van der Waals surface area contributed by atoms with Crippen molar-refractivity contribution in [2.24, 2.45) is 5.73 Å². The van der Waals surface area contributed by atoms with Crippen molar-refractivity contribution < 1.29 is 19.9 Å². The lowest BCUT2D eigenvalue weighted by molar-refractivity contribution is -0.404. The van der Waals surface area contributed by atoms with Crippen LogP contribution in [-0.2, 0) is 0 Å². The van der Waals surface area contributed by atoms with Crippen molar-refractivity contribution in [1.29, 1.82) is 5.41 Å². The van der Waals surface area contributed by atoms with Crippen molar-refractivity contribution in [3.63, 3.8) is 0 Å². The zero-order valence-corrected chi connectivity index (χ0v) is 20.2. The van der Waals surface area contributed by atoms with Crippen LogP contribution in [0.1, 0.15) is 58.3 Å². The average Bonchev–Trinajstić information content (AvgIpc) is 2.74. The summed E-state index contributed by atoms with van der Waals surface area (Å²) in [6.45, 7) is 2.27. The second-order valence-corrected chi connectivity index (χ2v) is 9.27. The first kappa shape index (κ1) is 30.4. The number of hydrogen-bond acceptors (Lipinski definition) is 10. The van der Waals surface area contributed by atoms with Gasteiger partial charge in [-0.3, -0.25) is 35.8 Å². The summed E-state index contributed by atoms with van der Waals surface area (Å²) in [5.74, 6) is 2.17. The molecular weight excluding hydrogens is 474 g/mol. The number of nitrogens with two attached hydrogens (primary N) is 1. The van der Waals surface area contributed by atoms with Crippen molar-refractivity contribution >= 4 is 45.8 Å². The third-order valence-electron chi connectivity index (χ3n) is 4.29. The fourth-order valence-electron chi connectivity index (χ4n) is 2.62. The maximum absolute atomic E-state index is 10.4. The number of phenols is 1. The van der Waals surface area contributed by atoms with E-state index < -0.39 is 37.6 Å². The van der Waals surface area contributed by atoms with Gasteiger partial charge < -0.3 is 10.8 Å². The molecule has 0 aliphatic carbocycles. The Hall–Kier alpha value is -2.61. The van der Waals surface area contributed by atoms with Gasteiger partial charge in [0.05, 0.1) is 26.9 Å². The van der Waals surface area contributed by atoms with Gasteiger partial charge in [-0.2, -0.15) is 11.8 Å². The highest BCUT2D eigenvalue weighted by Gasteiger charge is 2.30. The predicted molar refractivity (Wildman–Crippen MR) is 132 cm³/mol. The number of benzene rings is 1. The van der Waals surface area contributed by atoms with Crippen molar-refractivity contribution in [3.8, 4) is 5.75 Å². The fourth-order valence-corrected chi connectivity index (χ4v) is 4.26. The fraction of sp³-hybridized carbons (Fsp3) is 0.632. The highest BCUT2D eigenvalue weighted by molar-refractivity contribution is 8.14. The number of hydrogen-bond donors (Lipinski definition) is 3. The maximum Gasteiger partial charge on any atom is 0.324 e. The summed E-state index contributed by atoms with van der Waals surface area (Å²) in [5.41, 5.74) is 2.26. The Morgan fingerprint density at radius 3 is 1.79 bits per heavy atom. The van der Waals surface area contributed by atoms with Crippen LogP contribution < -0.4 is 5.73 Å². The van der Waals surface area contributed by atoms with E-state index in [1.807, 2.05) is 11.8 Å². The molecule has 14 heteroatoms. The summed E-state index contributed by atoms with van der Waals surface area (Å²) in [4.78, 5) is 27.8. The Morgan fingerprint density at radius 1 is 0.879 bits per heavy atom. The van der Waals surface area contributed by atoms with Gasteiger partial charge in [0, 0.05) is 11.5 Å². The average molecular weight is 506 g/mol. The van der Waals surface area contributed by atoms with Crippen LogP contribution in [0.4, 0.5) is 17.1 Å². The Morgan fingerprint density at radius 2 is 1.36 bits per heavy atom. The van der Waals surface area contributed by atoms with E-state index in [1.54, 1.807) is 0 Å². The van der Waals surface area contributed by atoms with E-state index in [1.165, 1.54) is 68.9 Å². The molecule has 1 aromatic rings. The van der Waals surface area contributed by atoms with Crippen LogP contribution in [0, 0.1) is 35.8 Å². The molecule has 186 valence electrons. The molecule has 0 saturated carbocycles. The maximum atomic E-state index is 10.4. The molecule has 0 fully saturated rings. The van der Waals surface area contributed by atoms with Gasteiger partial charge in [-0.15, -0.1) is 0 Å².